The van der Waals surface area contributed by atoms with Crippen LogP contribution in [-0.2, 0) is 15.6 Å². The van der Waals surface area contributed by atoms with Crippen LogP contribution in [0.5, 0.6) is 0 Å². The van der Waals surface area contributed by atoms with E-state index >= 15 is 4.79 Å². The van der Waals surface area contributed by atoms with Crippen LogP contribution in [0.15, 0.2) is 132 Å². The smallest absolute Gasteiger partial charge is 0.163 e. The second-order valence-electron chi connectivity index (χ2n) is 13.2. The number of carbonyl (C=O) groups excluding carboxylic acids is 1. The van der Waals surface area contributed by atoms with Crippen molar-refractivity contribution in [2.24, 2.45) is 10.8 Å². The van der Waals surface area contributed by atoms with Gasteiger partial charge in [-0.25, -0.2) is 0 Å². The molecule has 0 N–H and O–H groups in total. The van der Waals surface area contributed by atoms with Crippen molar-refractivity contribution in [1.29, 1.82) is 0 Å². The molecule has 5 aliphatic carbocycles. The highest BCUT2D eigenvalue weighted by Gasteiger charge is 2.92. The van der Waals surface area contributed by atoms with E-state index in [0.717, 1.165) is 38.5 Å². The first-order valence-electron chi connectivity index (χ1n) is 16.0. The van der Waals surface area contributed by atoms with E-state index in [9.17, 15) is 0 Å². The fourth-order valence-corrected chi connectivity index (χ4v) is 11.3. The SMILES string of the molecule is O=C1[C@]2(c3ccccc3)C3=C(CCCC3)[C@@]1(c1ccccc1)[C@]13CCCC[C@]21C(c1ccccc1)=C3c1ccccc1. The Morgan fingerprint density at radius 2 is 0.786 bits per heavy atom. The van der Waals surface area contributed by atoms with Gasteiger partial charge in [0, 0.05) is 10.8 Å². The second kappa shape index (κ2) is 8.54. The largest absolute Gasteiger partial charge is 0.297 e. The van der Waals surface area contributed by atoms with Crippen LogP contribution in [0.25, 0.3) is 11.1 Å². The Morgan fingerprint density at radius 1 is 0.429 bits per heavy atom. The molecule has 0 aromatic heterocycles. The summed E-state index contributed by atoms with van der Waals surface area (Å²) in [5.41, 5.74) is 9.06. The molecule has 1 heteroatoms. The Bertz CT molecular complexity index is 1650. The topological polar surface area (TPSA) is 17.1 Å². The fraction of sp³-hybridized carbons (Fsp3) is 0.293. The molecule has 9 rings (SSSR count). The van der Waals surface area contributed by atoms with Gasteiger partial charge in [0.05, 0.1) is 10.8 Å². The summed E-state index contributed by atoms with van der Waals surface area (Å²) in [4.78, 5) is 16.3. The molecule has 0 amide bonds. The summed E-state index contributed by atoms with van der Waals surface area (Å²) in [7, 11) is 0. The van der Waals surface area contributed by atoms with Gasteiger partial charge in [0.25, 0.3) is 0 Å². The minimum atomic E-state index is -0.635. The summed E-state index contributed by atoms with van der Waals surface area (Å²) in [6, 6.07) is 44.3. The summed E-state index contributed by atoms with van der Waals surface area (Å²) in [5.74, 6) is 0.473. The third kappa shape index (κ3) is 2.42. The molecule has 0 heterocycles. The summed E-state index contributed by atoms with van der Waals surface area (Å²) < 4.78 is 0. The van der Waals surface area contributed by atoms with Gasteiger partial charge in [-0.2, -0.15) is 0 Å². The third-order valence-electron chi connectivity index (χ3n) is 12.1. The molecule has 42 heavy (non-hydrogen) atoms. The van der Waals surface area contributed by atoms with E-state index < -0.39 is 10.8 Å². The molecule has 0 aliphatic heterocycles. The van der Waals surface area contributed by atoms with Crippen LogP contribution in [-0.4, -0.2) is 5.78 Å². The normalized spacial score (nSPS) is 32.7. The van der Waals surface area contributed by atoms with Crippen molar-refractivity contribution >= 4 is 16.9 Å². The molecule has 0 unspecified atom stereocenters. The first kappa shape index (κ1) is 24.6. The van der Waals surface area contributed by atoms with Crippen molar-refractivity contribution in [1.82, 2.24) is 0 Å². The van der Waals surface area contributed by atoms with E-state index in [-0.39, 0.29) is 10.8 Å². The molecular formula is C41H36O. The van der Waals surface area contributed by atoms with Gasteiger partial charge < -0.3 is 0 Å². The Kier molecular flexibility index (Phi) is 5.00. The summed E-state index contributed by atoms with van der Waals surface area (Å²) >= 11 is 0. The van der Waals surface area contributed by atoms with E-state index in [2.05, 4.69) is 121 Å². The maximum atomic E-state index is 16.3. The Balaban J connectivity index is 1.53. The minimum absolute atomic E-state index is 0.283. The monoisotopic (exact) mass is 544 g/mol. The lowest BCUT2D eigenvalue weighted by Crippen LogP contribution is -2.66. The van der Waals surface area contributed by atoms with Crippen LogP contribution in [0, 0.1) is 10.8 Å². The second-order valence-corrected chi connectivity index (χ2v) is 13.2. The molecule has 0 saturated heterocycles. The molecule has 206 valence electrons. The maximum Gasteiger partial charge on any atom is 0.163 e. The van der Waals surface area contributed by atoms with Gasteiger partial charge in [-0.3, -0.25) is 4.79 Å². The van der Waals surface area contributed by atoms with Crippen LogP contribution >= 0.6 is 0 Å². The van der Waals surface area contributed by atoms with Crippen LogP contribution < -0.4 is 0 Å². The first-order valence-corrected chi connectivity index (χ1v) is 16.0. The summed E-state index contributed by atoms with van der Waals surface area (Å²) in [6.45, 7) is 0. The molecule has 0 radical (unpaired) electrons. The minimum Gasteiger partial charge on any atom is -0.297 e. The summed E-state index contributed by atoms with van der Waals surface area (Å²) in [5, 5.41) is 0. The molecule has 4 aromatic carbocycles. The van der Waals surface area contributed by atoms with Crippen molar-refractivity contribution in [3.8, 4) is 0 Å². The van der Waals surface area contributed by atoms with E-state index in [1.807, 2.05) is 0 Å². The molecule has 0 spiro atoms. The standard InChI is InChI=1S/C41H36O/c42-37-40(31-21-9-3-10-22-31)33-25-13-14-26-34(33)41(37,32-23-11-4-12-24-32)39-28-16-15-27-38(39,40)35(29-17-5-1-6-18-29)36(39)30-19-7-2-8-20-30/h1-12,17-24H,13-16,25-28H2/t38-,39+,40+,41-. The van der Waals surface area contributed by atoms with Crippen molar-refractivity contribution < 1.29 is 4.79 Å². The molecule has 2 bridgehead atoms. The summed E-state index contributed by atoms with van der Waals surface area (Å²) in [6.07, 6.45) is 8.84. The van der Waals surface area contributed by atoms with Crippen LogP contribution in [0.4, 0.5) is 0 Å². The Morgan fingerprint density at radius 3 is 1.17 bits per heavy atom. The number of hydrogen-bond donors (Lipinski definition) is 0. The quantitative estimate of drug-likeness (QED) is 0.234. The van der Waals surface area contributed by atoms with Gasteiger partial charge in [-0.1, -0.05) is 145 Å². The number of ketones is 1. The van der Waals surface area contributed by atoms with Crippen molar-refractivity contribution in [3.05, 3.63) is 155 Å². The van der Waals surface area contributed by atoms with Crippen LogP contribution in [0.3, 0.4) is 0 Å². The van der Waals surface area contributed by atoms with Gasteiger partial charge in [0.15, 0.2) is 5.78 Å². The molecule has 5 aliphatic rings. The Labute approximate surface area is 249 Å². The van der Waals surface area contributed by atoms with Gasteiger partial charge in [0.2, 0.25) is 0 Å². The number of fused-ring (bicyclic) bond motifs is 4. The number of allylic oxidation sites excluding steroid dienone is 4. The predicted octanol–water partition coefficient (Wildman–Crippen LogP) is 9.50. The lowest BCUT2D eigenvalue weighted by Gasteiger charge is -2.72. The van der Waals surface area contributed by atoms with E-state index in [1.54, 1.807) is 0 Å². The lowest BCUT2D eigenvalue weighted by molar-refractivity contribution is -0.124. The van der Waals surface area contributed by atoms with E-state index in [1.165, 1.54) is 57.4 Å². The fourth-order valence-electron chi connectivity index (χ4n) is 11.3. The highest BCUT2D eigenvalue weighted by Crippen LogP contribution is 2.93. The van der Waals surface area contributed by atoms with Crippen LogP contribution in [0.2, 0.25) is 0 Å². The van der Waals surface area contributed by atoms with E-state index in [4.69, 9.17) is 0 Å². The van der Waals surface area contributed by atoms with Gasteiger partial charge in [-0.15, -0.1) is 0 Å². The number of rotatable bonds is 4. The van der Waals surface area contributed by atoms with Gasteiger partial charge in [0.1, 0.15) is 0 Å². The molecule has 4 aromatic rings. The Hall–Kier alpha value is -3.97. The molecule has 2 saturated carbocycles. The zero-order chi connectivity index (χ0) is 28.0. The van der Waals surface area contributed by atoms with Gasteiger partial charge >= 0.3 is 0 Å². The molecular weight excluding hydrogens is 508 g/mol. The number of carbonyl (C=O) groups is 1. The average molecular weight is 545 g/mol. The maximum absolute atomic E-state index is 16.3. The predicted molar refractivity (Wildman–Crippen MR) is 170 cm³/mol. The lowest BCUT2D eigenvalue weighted by atomic mass is 9.29. The van der Waals surface area contributed by atoms with Gasteiger partial charge in [-0.05, 0) is 71.9 Å². The molecule has 4 atom stereocenters. The number of benzene rings is 4. The van der Waals surface area contributed by atoms with Crippen LogP contribution in [0.1, 0.15) is 73.6 Å². The average Bonchev–Trinajstić information content (AvgIpc) is 3.38. The van der Waals surface area contributed by atoms with E-state index in [0.29, 0.717) is 5.78 Å². The number of hydrogen-bond acceptors (Lipinski definition) is 1. The highest BCUT2D eigenvalue weighted by molar-refractivity contribution is 6.24. The van der Waals surface area contributed by atoms with Crippen molar-refractivity contribution in [3.63, 3.8) is 0 Å². The molecule has 1 nitrogen and oxygen atoms in total. The zero-order valence-corrected chi connectivity index (χ0v) is 24.1. The highest BCUT2D eigenvalue weighted by atomic mass is 16.1. The number of Topliss-reactive ketones (excluding diaryl/α,β-unsaturated/α-hetero) is 1. The molecule has 2 fully saturated rings. The zero-order valence-electron chi connectivity index (χ0n) is 24.1. The van der Waals surface area contributed by atoms with Crippen molar-refractivity contribution in [2.45, 2.75) is 62.2 Å². The van der Waals surface area contributed by atoms with Crippen molar-refractivity contribution in [2.75, 3.05) is 0 Å². The first-order chi connectivity index (χ1) is 20.8. The third-order valence-corrected chi connectivity index (χ3v) is 12.1.